The minimum atomic E-state index is -0.00957. The number of anilines is 2. The smallest absolute Gasteiger partial charge is 0.241 e. The van der Waals surface area contributed by atoms with Gasteiger partial charge in [-0.3, -0.25) is 15.3 Å². The molecule has 0 unspecified atom stereocenters. The van der Waals surface area contributed by atoms with Gasteiger partial charge < -0.3 is 10.6 Å². The standard InChI is InChI=1S/C10H16N8O/c1-2-12-7(19)3-4-13-8-6-5-14-18-9(6)16-10(15-8)17-11/h5H,2-4,11H2,1H3,(H,12,19)(H3,13,14,15,16,17,18). The van der Waals surface area contributed by atoms with E-state index in [0.717, 1.165) is 5.39 Å². The van der Waals surface area contributed by atoms with Crippen LogP contribution >= 0.6 is 0 Å². The average molecular weight is 264 g/mol. The number of fused-ring (bicyclic) bond motifs is 1. The number of amides is 1. The predicted molar refractivity (Wildman–Crippen MR) is 71.3 cm³/mol. The van der Waals surface area contributed by atoms with E-state index >= 15 is 0 Å². The minimum Gasteiger partial charge on any atom is -0.369 e. The lowest BCUT2D eigenvalue weighted by Crippen LogP contribution is -2.25. The molecule has 0 spiro atoms. The highest BCUT2D eigenvalue weighted by molar-refractivity contribution is 5.87. The maximum Gasteiger partial charge on any atom is 0.241 e. The van der Waals surface area contributed by atoms with Crippen LogP contribution < -0.4 is 21.9 Å². The predicted octanol–water partition coefficient (Wildman–Crippen LogP) is -0.423. The number of hydrazine groups is 1. The molecule has 0 aromatic carbocycles. The van der Waals surface area contributed by atoms with Gasteiger partial charge in [0.2, 0.25) is 11.9 Å². The van der Waals surface area contributed by atoms with E-state index in [1.165, 1.54) is 0 Å². The van der Waals surface area contributed by atoms with Gasteiger partial charge in [0.05, 0.1) is 11.6 Å². The fraction of sp³-hybridized carbons (Fsp3) is 0.400. The first-order valence-electron chi connectivity index (χ1n) is 5.93. The number of hydrogen-bond donors (Lipinski definition) is 5. The molecule has 1 amide bonds. The first-order chi connectivity index (χ1) is 9.24. The highest BCUT2D eigenvalue weighted by atomic mass is 16.1. The summed E-state index contributed by atoms with van der Waals surface area (Å²) in [7, 11) is 0. The third-order valence-electron chi connectivity index (χ3n) is 2.46. The number of H-pyrrole nitrogens is 1. The molecule has 0 fully saturated rings. The number of nitrogens with zero attached hydrogens (tertiary/aromatic N) is 3. The van der Waals surface area contributed by atoms with Crippen LogP contribution in [0.25, 0.3) is 11.0 Å². The third kappa shape index (κ3) is 3.07. The zero-order chi connectivity index (χ0) is 13.7. The molecule has 2 aromatic rings. The van der Waals surface area contributed by atoms with Gasteiger partial charge in [-0.25, -0.2) is 5.84 Å². The van der Waals surface area contributed by atoms with Crippen LogP contribution in [0, 0.1) is 0 Å². The van der Waals surface area contributed by atoms with Crippen molar-refractivity contribution < 1.29 is 4.79 Å². The van der Waals surface area contributed by atoms with Crippen molar-refractivity contribution in [2.24, 2.45) is 5.84 Å². The second-order valence-electron chi connectivity index (χ2n) is 3.80. The van der Waals surface area contributed by atoms with E-state index in [2.05, 4.69) is 36.2 Å². The van der Waals surface area contributed by atoms with Crippen molar-refractivity contribution >= 4 is 28.7 Å². The first kappa shape index (κ1) is 13.0. The Kier molecular flexibility index (Phi) is 4.08. The van der Waals surface area contributed by atoms with E-state index in [-0.39, 0.29) is 11.9 Å². The topological polar surface area (TPSA) is 134 Å². The fourth-order valence-electron chi connectivity index (χ4n) is 1.61. The third-order valence-corrected chi connectivity index (χ3v) is 2.46. The molecule has 0 bridgehead atoms. The molecule has 9 heteroatoms. The Hall–Kier alpha value is -2.42. The van der Waals surface area contributed by atoms with Gasteiger partial charge in [0.25, 0.3) is 0 Å². The van der Waals surface area contributed by atoms with Gasteiger partial charge in [0.1, 0.15) is 5.82 Å². The summed E-state index contributed by atoms with van der Waals surface area (Å²) in [5.41, 5.74) is 2.95. The molecular formula is C10H16N8O. The van der Waals surface area contributed by atoms with Gasteiger partial charge in [-0.1, -0.05) is 0 Å². The zero-order valence-electron chi connectivity index (χ0n) is 10.5. The van der Waals surface area contributed by atoms with Gasteiger partial charge in [-0.15, -0.1) is 0 Å². The average Bonchev–Trinajstić information content (AvgIpc) is 2.87. The minimum absolute atomic E-state index is 0.00957. The molecule has 6 N–H and O–H groups in total. The Labute approximate surface area is 109 Å². The zero-order valence-corrected chi connectivity index (χ0v) is 10.5. The number of aromatic amines is 1. The molecule has 0 radical (unpaired) electrons. The lowest BCUT2D eigenvalue weighted by atomic mass is 10.3. The molecule has 0 saturated heterocycles. The van der Waals surface area contributed by atoms with Crippen molar-refractivity contribution in [1.29, 1.82) is 0 Å². The number of carbonyl (C=O) groups is 1. The van der Waals surface area contributed by atoms with Crippen LogP contribution in [0.5, 0.6) is 0 Å². The summed E-state index contributed by atoms with van der Waals surface area (Å²) in [5.74, 6) is 6.14. The SMILES string of the molecule is CCNC(=O)CCNc1nc(NN)nc2[nH]ncc12. The van der Waals surface area contributed by atoms with Crippen LogP contribution in [0.1, 0.15) is 13.3 Å². The quantitative estimate of drug-likeness (QED) is 0.353. The molecule has 0 atom stereocenters. The molecule has 0 aliphatic heterocycles. The summed E-state index contributed by atoms with van der Waals surface area (Å²) in [6, 6.07) is 0. The highest BCUT2D eigenvalue weighted by Gasteiger charge is 2.09. The van der Waals surface area contributed by atoms with E-state index in [1.807, 2.05) is 6.92 Å². The molecule has 19 heavy (non-hydrogen) atoms. The van der Waals surface area contributed by atoms with Gasteiger partial charge in [-0.2, -0.15) is 15.1 Å². The van der Waals surface area contributed by atoms with Crippen LogP contribution in [0.3, 0.4) is 0 Å². The number of aromatic nitrogens is 4. The Bertz CT molecular complexity index is 566. The molecule has 2 rings (SSSR count). The maximum atomic E-state index is 11.3. The van der Waals surface area contributed by atoms with Gasteiger partial charge in [0.15, 0.2) is 5.65 Å². The van der Waals surface area contributed by atoms with Crippen molar-refractivity contribution in [3.8, 4) is 0 Å². The summed E-state index contributed by atoms with van der Waals surface area (Å²) in [4.78, 5) is 19.6. The number of nitrogens with two attached hydrogens (primary N) is 1. The largest absolute Gasteiger partial charge is 0.369 e. The molecule has 0 aliphatic rings. The van der Waals surface area contributed by atoms with Crippen molar-refractivity contribution in [1.82, 2.24) is 25.5 Å². The van der Waals surface area contributed by atoms with Gasteiger partial charge >= 0.3 is 0 Å². The van der Waals surface area contributed by atoms with Crippen molar-refractivity contribution in [2.45, 2.75) is 13.3 Å². The molecule has 0 saturated carbocycles. The maximum absolute atomic E-state index is 11.3. The Balaban J connectivity index is 2.07. The monoisotopic (exact) mass is 264 g/mol. The summed E-state index contributed by atoms with van der Waals surface area (Å²) >= 11 is 0. The number of hydrogen-bond acceptors (Lipinski definition) is 7. The highest BCUT2D eigenvalue weighted by Crippen LogP contribution is 2.19. The summed E-state index contributed by atoms with van der Waals surface area (Å²) < 4.78 is 0. The van der Waals surface area contributed by atoms with Crippen LogP contribution in [-0.4, -0.2) is 39.2 Å². The van der Waals surface area contributed by atoms with Crippen LogP contribution in [0.4, 0.5) is 11.8 Å². The van der Waals surface area contributed by atoms with Crippen LogP contribution in [0.2, 0.25) is 0 Å². The van der Waals surface area contributed by atoms with Crippen molar-refractivity contribution in [3.63, 3.8) is 0 Å². The molecule has 102 valence electrons. The lowest BCUT2D eigenvalue weighted by Gasteiger charge is -2.08. The fourth-order valence-corrected chi connectivity index (χ4v) is 1.61. The van der Waals surface area contributed by atoms with Gasteiger partial charge in [-0.05, 0) is 6.92 Å². The second-order valence-corrected chi connectivity index (χ2v) is 3.80. The Morgan fingerprint density at radius 3 is 3.05 bits per heavy atom. The van der Waals surface area contributed by atoms with E-state index in [9.17, 15) is 4.79 Å². The van der Waals surface area contributed by atoms with Gasteiger partial charge in [0, 0.05) is 19.5 Å². The molecule has 0 aliphatic carbocycles. The van der Waals surface area contributed by atoms with Crippen LogP contribution in [0.15, 0.2) is 6.20 Å². The number of carbonyl (C=O) groups excluding carboxylic acids is 1. The summed E-state index contributed by atoms with van der Waals surface area (Å²) in [6.45, 7) is 2.97. The Morgan fingerprint density at radius 2 is 2.32 bits per heavy atom. The number of nitrogen functional groups attached to an aromatic ring is 1. The molecule has 9 nitrogen and oxygen atoms in total. The van der Waals surface area contributed by atoms with E-state index < -0.39 is 0 Å². The summed E-state index contributed by atoms with van der Waals surface area (Å²) in [6.07, 6.45) is 1.98. The van der Waals surface area contributed by atoms with E-state index in [0.29, 0.717) is 31.0 Å². The lowest BCUT2D eigenvalue weighted by molar-refractivity contribution is -0.120. The van der Waals surface area contributed by atoms with E-state index in [4.69, 9.17) is 5.84 Å². The van der Waals surface area contributed by atoms with E-state index in [1.54, 1.807) is 6.20 Å². The van der Waals surface area contributed by atoms with Crippen molar-refractivity contribution in [3.05, 3.63) is 6.20 Å². The second kappa shape index (κ2) is 5.96. The molecule has 2 heterocycles. The molecular weight excluding hydrogens is 248 g/mol. The van der Waals surface area contributed by atoms with Crippen molar-refractivity contribution in [2.75, 3.05) is 23.8 Å². The normalized spacial score (nSPS) is 10.4. The molecule has 2 aromatic heterocycles. The number of rotatable bonds is 6. The summed E-state index contributed by atoms with van der Waals surface area (Å²) in [5, 5.41) is 13.2. The Morgan fingerprint density at radius 1 is 1.47 bits per heavy atom. The van der Waals surface area contributed by atoms with Crippen LogP contribution in [-0.2, 0) is 4.79 Å². The first-order valence-corrected chi connectivity index (χ1v) is 5.93. The number of nitrogens with one attached hydrogen (secondary N) is 4.